The summed E-state index contributed by atoms with van der Waals surface area (Å²) in [5, 5.41) is 9.44. The van der Waals surface area contributed by atoms with Crippen LogP contribution in [0.25, 0.3) is 0 Å². The molecule has 0 aromatic heterocycles. The minimum atomic E-state index is -1.04. The zero-order valence-corrected chi connectivity index (χ0v) is 12.8. The smallest absolute Gasteiger partial charge is 0.335 e. The van der Waals surface area contributed by atoms with E-state index in [0.29, 0.717) is 6.54 Å². The van der Waals surface area contributed by atoms with E-state index in [1.165, 1.54) is 0 Å². The lowest BCUT2D eigenvalue weighted by molar-refractivity contribution is -0.172. The number of carboxylic acids is 1. The van der Waals surface area contributed by atoms with E-state index in [4.69, 9.17) is 4.74 Å². The Labute approximate surface area is 124 Å². The summed E-state index contributed by atoms with van der Waals surface area (Å²) < 4.78 is 5.30. The molecule has 114 valence electrons. The van der Waals surface area contributed by atoms with Gasteiger partial charge in [0.2, 0.25) is 5.91 Å². The second-order valence-corrected chi connectivity index (χ2v) is 5.51. The van der Waals surface area contributed by atoms with Crippen LogP contribution in [0.5, 0.6) is 0 Å². The number of morpholine rings is 1. The highest BCUT2D eigenvalue weighted by Crippen LogP contribution is 2.34. The molecular weight excluding hydrogens is 270 g/mol. The number of nitrogens with zero attached hydrogens (tertiary/aromatic N) is 1. The van der Waals surface area contributed by atoms with Gasteiger partial charge in [0.25, 0.3) is 0 Å². The lowest BCUT2D eigenvalue weighted by Gasteiger charge is -2.40. The molecule has 1 aliphatic rings. The number of benzene rings is 1. The number of amides is 1. The largest absolute Gasteiger partial charge is 0.479 e. The van der Waals surface area contributed by atoms with Crippen LogP contribution in [0.2, 0.25) is 0 Å². The molecule has 0 bridgehead atoms. The van der Waals surface area contributed by atoms with Crippen molar-refractivity contribution in [3.05, 3.63) is 34.4 Å². The van der Waals surface area contributed by atoms with Crippen LogP contribution in [0.15, 0.2) is 12.1 Å². The van der Waals surface area contributed by atoms with Gasteiger partial charge in [0.15, 0.2) is 6.10 Å². The van der Waals surface area contributed by atoms with E-state index < -0.39 is 18.1 Å². The van der Waals surface area contributed by atoms with Crippen molar-refractivity contribution in [2.45, 2.75) is 39.8 Å². The molecule has 1 aromatic rings. The van der Waals surface area contributed by atoms with Gasteiger partial charge in [-0.25, -0.2) is 4.79 Å². The number of carbonyl (C=O) groups excluding carboxylic acids is 1. The topological polar surface area (TPSA) is 66.8 Å². The first-order valence-electron chi connectivity index (χ1n) is 7.08. The molecule has 2 rings (SSSR count). The maximum absolute atomic E-state index is 12.1. The molecule has 1 fully saturated rings. The van der Waals surface area contributed by atoms with E-state index in [1.54, 1.807) is 4.90 Å². The summed E-state index contributed by atoms with van der Waals surface area (Å²) in [6.45, 7) is 8.03. The fourth-order valence-electron chi connectivity index (χ4n) is 3.20. The normalized spacial score (nSPS) is 22.5. The molecule has 1 saturated heterocycles. The van der Waals surface area contributed by atoms with Gasteiger partial charge < -0.3 is 14.7 Å². The Kier molecular flexibility index (Phi) is 4.32. The van der Waals surface area contributed by atoms with Crippen molar-refractivity contribution in [3.63, 3.8) is 0 Å². The quantitative estimate of drug-likeness (QED) is 0.924. The lowest BCUT2D eigenvalue weighted by Crippen LogP contribution is -2.52. The number of hydrogen-bond acceptors (Lipinski definition) is 3. The highest BCUT2D eigenvalue weighted by Gasteiger charge is 2.42. The second kappa shape index (κ2) is 5.85. The Bertz CT molecular complexity index is 557. The van der Waals surface area contributed by atoms with Crippen molar-refractivity contribution in [1.29, 1.82) is 0 Å². The average molecular weight is 291 g/mol. The number of rotatable bonds is 3. The van der Waals surface area contributed by atoms with Crippen molar-refractivity contribution in [1.82, 2.24) is 4.90 Å². The summed E-state index contributed by atoms with van der Waals surface area (Å²) in [5.41, 5.74) is 3.97. The van der Waals surface area contributed by atoms with Crippen molar-refractivity contribution in [3.8, 4) is 0 Å². The van der Waals surface area contributed by atoms with Gasteiger partial charge in [0.1, 0.15) is 6.61 Å². The maximum atomic E-state index is 12.1. The maximum Gasteiger partial charge on any atom is 0.335 e. The van der Waals surface area contributed by atoms with E-state index in [2.05, 4.69) is 0 Å². The van der Waals surface area contributed by atoms with Crippen LogP contribution in [0.1, 0.15) is 35.2 Å². The van der Waals surface area contributed by atoms with Gasteiger partial charge in [-0.15, -0.1) is 0 Å². The molecule has 0 aliphatic carbocycles. The first kappa shape index (κ1) is 15.5. The summed E-state index contributed by atoms with van der Waals surface area (Å²) >= 11 is 0. The van der Waals surface area contributed by atoms with Crippen molar-refractivity contribution in [2.24, 2.45) is 0 Å². The molecule has 1 amide bonds. The average Bonchev–Trinajstić information content (AvgIpc) is 2.37. The number of ether oxygens (including phenoxy) is 1. The van der Waals surface area contributed by atoms with Gasteiger partial charge in [0, 0.05) is 6.54 Å². The van der Waals surface area contributed by atoms with E-state index in [1.807, 2.05) is 39.8 Å². The summed E-state index contributed by atoms with van der Waals surface area (Å²) in [5.74, 6) is -1.20. The third kappa shape index (κ3) is 2.78. The highest BCUT2D eigenvalue weighted by atomic mass is 16.5. The third-order valence-electron chi connectivity index (χ3n) is 3.95. The molecule has 5 nitrogen and oxygen atoms in total. The van der Waals surface area contributed by atoms with E-state index in [-0.39, 0.29) is 12.5 Å². The standard InChI is InChI=1S/C16H21NO4/c1-5-17-12(18)8-21-15(16(19)20)14(17)13-10(3)6-9(2)7-11(13)4/h6-7,14-15H,5,8H2,1-4H3,(H,19,20). The molecule has 1 aromatic carbocycles. The molecule has 2 atom stereocenters. The highest BCUT2D eigenvalue weighted by molar-refractivity contribution is 5.83. The van der Waals surface area contributed by atoms with Crippen LogP contribution in [0.4, 0.5) is 0 Å². The van der Waals surface area contributed by atoms with Crippen LogP contribution in [-0.2, 0) is 14.3 Å². The zero-order chi connectivity index (χ0) is 15.7. The first-order valence-corrected chi connectivity index (χ1v) is 7.08. The fourth-order valence-corrected chi connectivity index (χ4v) is 3.20. The van der Waals surface area contributed by atoms with Crippen molar-refractivity contribution >= 4 is 11.9 Å². The number of aryl methyl sites for hydroxylation is 3. The van der Waals surface area contributed by atoms with Gasteiger partial charge in [-0.1, -0.05) is 17.7 Å². The summed E-state index contributed by atoms with van der Waals surface area (Å²) in [6, 6.07) is 3.44. The van der Waals surface area contributed by atoms with Crippen LogP contribution in [-0.4, -0.2) is 41.1 Å². The van der Waals surface area contributed by atoms with Crippen LogP contribution >= 0.6 is 0 Å². The Morgan fingerprint density at radius 1 is 1.33 bits per heavy atom. The van der Waals surface area contributed by atoms with Gasteiger partial charge >= 0.3 is 5.97 Å². The Hall–Kier alpha value is -1.88. The van der Waals surface area contributed by atoms with Gasteiger partial charge in [-0.2, -0.15) is 0 Å². The Balaban J connectivity index is 2.59. The fraction of sp³-hybridized carbons (Fsp3) is 0.500. The van der Waals surface area contributed by atoms with Gasteiger partial charge in [-0.05, 0) is 44.4 Å². The zero-order valence-electron chi connectivity index (χ0n) is 12.8. The van der Waals surface area contributed by atoms with Crippen LogP contribution in [0, 0.1) is 20.8 Å². The molecule has 0 saturated carbocycles. The monoisotopic (exact) mass is 291 g/mol. The van der Waals surface area contributed by atoms with E-state index in [9.17, 15) is 14.7 Å². The third-order valence-corrected chi connectivity index (χ3v) is 3.95. The summed E-state index contributed by atoms with van der Waals surface area (Å²) in [7, 11) is 0. The van der Waals surface area contributed by atoms with Crippen LogP contribution < -0.4 is 0 Å². The van der Waals surface area contributed by atoms with Crippen molar-refractivity contribution in [2.75, 3.05) is 13.2 Å². The van der Waals surface area contributed by atoms with E-state index in [0.717, 1.165) is 22.3 Å². The van der Waals surface area contributed by atoms with Crippen molar-refractivity contribution < 1.29 is 19.4 Å². The molecule has 21 heavy (non-hydrogen) atoms. The minimum Gasteiger partial charge on any atom is -0.479 e. The molecule has 1 N–H and O–H groups in total. The number of likely N-dealkylation sites (N-methyl/N-ethyl adjacent to an activating group) is 1. The molecule has 0 spiro atoms. The van der Waals surface area contributed by atoms with Crippen LogP contribution in [0.3, 0.4) is 0 Å². The number of aliphatic carboxylic acids is 1. The van der Waals surface area contributed by atoms with Gasteiger partial charge in [-0.3, -0.25) is 4.79 Å². The second-order valence-electron chi connectivity index (χ2n) is 5.51. The predicted octanol–water partition coefficient (Wildman–Crippen LogP) is 1.98. The molecule has 2 unspecified atom stereocenters. The molecular formula is C16H21NO4. The number of carboxylic acid groups (broad SMARTS) is 1. The molecule has 5 heteroatoms. The number of hydrogen-bond donors (Lipinski definition) is 1. The molecule has 1 aliphatic heterocycles. The summed E-state index contributed by atoms with van der Waals surface area (Å²) in [6.07, 6.45) is -1.03. The summed E-state index contributed by atoms with van der Waals surface area (Å²) in [4.78, 5) is 25.2. The SMILES string of the molecule is CCN1C(=O)COC(C(=O)O)C1c1c(C)cc(C)cc1C. The Morgan fingerprint density at radius 2 is 1.90 bits per heavy atom. The van der Waals surface area contributed by atoms with Gasteiger partial charge in [0.05, 0.1) is 6.04 Å². The number of carbonyl (C=O) groups is 2. The minimum absolute atomic E-state index is 0.167. The predicted molar refractivity (Wildman–Crippen MR) is 78.2 cm³/mol. The molecule has 0 radical (unpaired) electrons. The Morgan fingerprint density at radius 3 is 2.38 bits per heavy atom. The first-order chi connectivity index (χ1) is 9.86. The lowest BCUT2D eigenvalue weighted by atomic mass is 9.89. The molecule has 1 heterocycles. The van der Waals surface area contributed by atoms with E-state index >= 15 is 0 Å².